The first-order valence-electron chi connectivity index (χ1n) is 5.86. The molecule has 0 aliphatic heterocycles. The highest BCUT2D eigenvalue weighted by molar-refractivity contribution is 9.10. The summed E-state index contributed by atoms with van der Waals surface area (Å²) in [5.41, 5.74) is 2.75. The average Bonchev–Trinajstić information content (AvgIpc) is 2.97. The van der Waals surface area contributed by atoms with Gasteiger partial charge in [0, 0.05) is 21.5 Å². The van der Waals surface area contributed by atoms with Gasteiger partial charge in [0.2, 0.25) is 5.88 Å². The largest absolute Gasteiger partial charge is 0.480 e. The van der Waals surface area contributed by atoms with Gasteiger partial charge in [-0.1, -0.05) is 28.1 Å². The van der Waals surface area contributed by atoms with Gasteiger partial charge in [0.25, 0.3) is 0 Å². The maximum atomic E-state index is 5.00. The zero-order valence-corrected chi connectivity index (χ0v) is 13.0. The van der Waals surface area contributed by atoms with Crippen LogP contribution in [0.15, 0.2) is 46.3 Å². The van der Waals surface area contributed by atoms with Gasteiger partial charge in [-0.25, -0.2) is 4.98 Å². The zero-order valence-electron chi connectivity index (χ0n) is 10.6. The first kappa shape index (κ1) is 13.2. The van der Waals surface area contributed by atoms with Crippen LogP contribution in [0.2, 0.25) is 0 Å². The topological polar surface area (TPSA) is 47.9 Å². The molecule has 0 saturated carbocycles. The molecule has 6 heteroatoms. The summed E-state index contributed by atoms with van der Waals surface area (Å²) in [5, 5.41) is 10.9. The quantitative estimate of drug-likeness (QED) is 0.717. The predicted octanol–water partition coefficient (Wildman–Crippen LogP) is 4.04. The number of thiazole rings is 1. The zero-order chi connectivity index (χ0) is 13.9. The van der Waals surface area contributed by atoms with Crippen LogP contribution >= 0.6 is 27.3 Å². The van der Waals surface area contributed by atoms with Crippen LogP contribution in [0.3, 0.4) is 0 Å². The van der Waals surface area contributed by atoms with Crippen LogP contribution in [-0.2, 0) is 0 Å². The lowest BCUT2D eigenvalue weighted by atomic mass is 10.2. The molecular formula is C14H10BrN3OS. The summed E-state index contributed by atoms with van der Waals surface area (Å²) in [7, 11) is 1.57. The molecular weight excluding hydrogens is 338 g/mol. The van der Waals surface area contributed by atoms with E-state index in [-0.39, 0.29) is 0 Å². The van der Waals surface area contributed by atoms with Crippen molar-refractivity contribution in [1.29, 1.82) is 0 Å². The fourth-order valence-corrected chi connectivity index (χ4v) is 2.91. The summed E-state index contributed by atoms with van der Waals surface area (Å²) in [6.07, 6.45) is 0. The molecule has 0 bridgehead atoms. The molecule has 0 amide bonds. The molecule has 0 saturated heterocycles. The molecule has 3 rings (SSSR count). The van der Waals surface area contributed by atoms with Gasteiger partial charge in [0.1, 0.15) is 10.7 Å². The third-order valence-corrected chi connectivity index (χ3v) is 4.05. The Bertz CT molecular complexity index is 727. The second-order valence-corrected chi connectivity index (χ2v) is 5.78. The van der Waals surface area contributed by atoms with Crippen LogP contribution in [-0.4, -0.2) is 22.3 Å². The first-order chi connectivity index (χ1) is 9.76. The third-order valence-electron chi connectivity index (χ3n) is 2.69. The minimum Gasteiger partial charge on any atom is -0.480 e. The molecule has 0 radical (unpaired) electrons. The molecule has 0 spiro atoms. The maximum absolute atomic E-state index is 5.00. The summed E-state index contributed by atoms with van der Waals surface area (Å²) in [6, 6.07) is 11.7. The molecule has 0 atom stereocenters. The van der Waals surface area contributed by atoms with E-state index in [1.807, 2.05) is 35.7 Å². The van der Waals surface area contributed by atoms with Crippen LogP contribution in [0.4, 0.5) is 0 Å². The molecule has 2 aromatic heterocycles. The van der Waals surface area contributed by atoms with E-state index in [0.29, 0.717) is 5.88 Å². The minimum absolute atomic E-state index is 0.498. The van der Waals surface area contributed by atoms with Crippen molar-refractivity contribution in [2.45, 2.75) is 0 Å². The molecule has 0 N–H and O–H groups in total. The van der Waals surface area contributed by atoms with Crippen molar-refractivity contribution >= 4 is 27.3 Å². The highest BCUT2D eigenvalue weighted by Crippen LogP contribution is 2.29. The summed E-state index contributed by atoms with van der Waals surface area (Å²) < 4.78 is 6.03. The fraction of sp³-hybridized carbons (Fsp3) is 0.0714. The molecule has 20 heavy (non-hydrogen) atoms. The van der Waals surface area contributed by atoms with Crippen LogP contribution < -0.4 is 4.74 Å². The SMILES string of the molecule is COc1ccc(-c2nc(-c3cccc(Br)c3)cs2)nn1. The number of benzene rings is 1. The normalized spacial score (nSPS) is 10.5. The Morgan fingerprint density at radius 3 is 2.70 bits per heavy atom. The lowest BCUT2D eigenvalue weighted by molar-refractivity contribution is 0.392. The molecule has 1 aromatic carbocycles. The molecule has 3 aromatic rings. The van der Waals surface area contributed by atoms with E-state index in [2.05, 4.69) is 31.1 Å². The van der Waals surface area contributed by atoms with Gasteiger partial charge in [0.15, 0.2) is 0 Å². The molecule has 4 nitrogen and oxygen atoms in total. The molecule has 0 unspecified atom stereocenters. The molecule has 2 heterocycles. The van der Waals surface area contributed by atoms with Gasteiger partial charge in [-0.05, 0) is 18.2 Å². The lowest BCUT2D eigenvalue weighted by Crippen LogP contribution is -1.91. The van der Waals surface area contributed by atoms with Gasteiger partial charge < -0.3 is 4.74 Å². The van der Waals surface area contributed by atoms with E-state index in [4.69, 9.17) is 4.74 Å². The van der Waals surface area contributed by atoms with Crippen molar-refractivity contribution in [2.24, 2.45) is 0 Å². The highest BCUT2D eigenvalue weighted by Gasteiger charge is 2.08. The third kappa shape index (κ3) is 2.71. The maximum Gasteiger partial charge on any atom is 0.233 e. The summed E-state index contributed by atoms with van der Waals surface area (Å²) in [5.74, 6) is 0.498. The standard InChI is InChI=1S/C14H10BrN3OS/c1-19-13-6-5-11(17-18-13)14-16-12(8-20-14)9-3-2-4-10(15)7-9/h2-8H,1H3. The van der Waals surface area contributed by atoms with Crippen molar-refractivity contribution in [3.8, 4) is 27.8 Å². The second kappa shape index (κ2) is 5.68. The summed E-state index contributed by atoms with van der Waals surface area (Å²) in [4.78, 5) is 4.60. The second-order valence-electron chi connectivity index (χ2n) is 4.01. The van der Waals surface area contributed by atoms with Gasteiger partial charge in [-0.2, -0.15) is 0 Å². The minimum atomic E-state index is 0.498. The Morgan fingerprint density at radius 2 is 2.00 bits per heavy atom. The molecule has 0 aliphatic rings. The van der Waals surface area contributed by atoms with Crippen LogP contribution in [0, 0.1) is 0 Å². The number of methoxy groups -OCH3 is 1. The van der Waals surface area contributed by atoms with Crippen LogP contribution in [0.1, 0.15) is 0 Å². The monoisotopic (exact) mass is 347 g/mol. The van der Waals surface area contributed by atoms with Crippen molar-refractivity contribution in [2.75, 3.05) is 7.11 Å². The van der Waals surface area contributed by atoms with Crippen LogP contribution in [0.5, 0.6) is 5.88 Å². The Morgan fingerprint density at radius 1 is 1.10 bits per heavy atom. The number of aromatic nitrogens is 3. The number of ether oxygens (including phenoxy) is 1. The van der Waals surface area contributed by atoms with Crippen LogP contribution in [0.25, 0.3) is 22.0 Å². The molecule has 0 fully saturated rings. The Labute approximate surface area is 128 Å². The van der Waals surface area contributed by atoms with Gasteiger partial charge in [0.05, 0.1) is 12.8 Å². The number of hydrogen-bond acceptors (Lipinski definition) is 5. The van der Waals surface area contributed by atoms with Gasteiger partial charge >= 0.3 is 0 Å². The van der Waals surface area contributed by atoms with E-state index in [9.17, 15) is 0 Å². The predicted molar refractivity (Wildman–Crippen MR) is 82.8 cm³/mol. The smallest absolute Gasteiger partial charge is 0.233 e. The number of halogens is 1. The average molecular weight is 348 g/mol. The van der Waals surface area contributed by atoms with E-state index in [1.165, 1.54) is 0 Å². The molecule has 100 valence electrons. The van der Waals surface area contributed by atoms with E-state index in [1.54, 1.807) is 24.5 Å². The number of hydrogen-bond donors (Lipinski definition) is 0. The Balaban J connectivity index is 1.93. The number of rotatable bonds is 3. The van der Waals surface area contributed by atoms with E-state index in [0.717, 1.165) is 26.4 Å². The van der Waals surface area contributed by atoms with Crippen molar-refractivity contribution in [3.05, 3.63) is 46.3 Å². The van der Waals surface area contributed by atoms with E-state index < -0.39 is 0 Å². The van der Waals surface area contributed by atoms with Crippen molar-refractivity contribution < 1.29 is 4.74 Å². The summed E-state index contributed by atoms with van der Waals surface area (Å²) in [6.45, 7) is 0. The van der Waals surface area contributed by atoms with Crippen molar-refractivity contribution in [1.82, 2.24) is 15.2 Å². The van der Waals surface area contributed by atoms with Gasteiger partial charge in [-0.3, -0.25) is 0 Å². The van der Waals surface area contributed by atoms with E-state index >= 15 is 0 Å². The Hall–Kier alpha value is -1.79. The van der Waals surface area contributed by atoms with Crippen molar-refractivity contribution in [3.63, 3.8) is 0 Å². The molecule has 0 aliphatic carbocycles. The first-order valence-corrected chi connectivity index (χ1v) is 7.53. The summed E-state index contributed by atoms with van der Waals surface area (Å²) >= 11 is 5.01. The fourth-order valence-electron chi connectivity index (χ4n) is 1.71. The number of nitrogens with zero attached hydrogens (tertiary/aromatic N) is 3. The Kier molecular flexibility index (Phi) is 3.75. The van der Waals surface area contributed by atoms with Gasteiger partial charge in [-0.15, -0.1) is 21.5 Å². The lowest BCUT2D eigenvalue weighted by Gasteiger charge is -1.98. The highest BCUT2D eigenvalue weighted by atomic mass is 79.9.